The summed E-state index contributed by atoms with van der Waals surface area (Å²) in [4.78, 5) is 10.2. The van der Waals surface area contributed by atoms with Crippen molar-refractivity contribution in [2.45, 2.75) is 38.3 Å². The standard InChI is InChI=1S/C16H18N2O3/c19-16-3-1-2-13-10-17(11-15(13)16)9-8-12-4-6-14(7-5-12)18(20)21/h4-7,10-11,16,19H,1-3,8-9H2. The zero-order valence-electron chi connectivity index (χ0n) is 11.7. The van der Waals surface area contributed by atoms with Crippen molar-refractivity contribution < 1.29 is 10.0 Å². The number of hydrogen-bond acceptors (Lipinski definition) is 3. The van der Waals surface area contributed by atoms with Gasteiger partial charge in [-0.25, -0.2) is 0 Å². The van der Waals surface area contributed by atoms with Gasteiger partial charge in [0.15, 0.2) is 0 Å². The summed E-state index contributed by atoms with van der Waals surface area (Å²) in [6.07, 6.45) is 7.57. The number of fused-ring (bicyclic) bond motifs is 1. The number of hydrogen-bond donors (Lipinski definition) is 1. The van der Waals surface area contributed by atoms with Crippen molar-refractivity contribution in [2.75, 3.05) is 0 Å². The molecule has 0 saturated carbocycles. The fourth-order valence-corrected chi connectivity index (χ4v) is 2.90. The number of aryl methyl sites for hydroxylation is 3. The van der Waals surface area contributed by atoms with Gasteiger partial charge in [-0.3, -0.25) is 10.1 Å². The summed E-state index contributed by atoms with van der Waals surface area (Å²) in [7, 11) is 0. The Balaban J connectivity index is 1.66. The van der Waals surface area contributed by atoms with E-state index in [2.05, 4.69) is 10.8 Å². The van der Waals surface area contributed by atoms with Gasteiger partial charge in [0.25, 0.3) is 5.69 Å². The van der Waals surface area contributed by atoms with Gasteiger partial charge in [-0.05, 0) is 36.8 Å². The number of benzene rings is 1. The molecule has 2 aromatic rings. The molecule has 0 saturated heterocycles. The van der Waals surface area contributed by atoms with Crippen LogP contribution in [-0.4, -0.2) is 14.6 Å². The van der Waals surface area contributed by atoms with E-state index in [1.807, 2.05) is 6.20 Å². The molecule has 1 N–H and O–H groups in total. The molecular formula is C16H18N2O3. The summed E-state index contributed by atoms with van der Waals surface area (Å²) < 4.78 is 2.11. The summed E-state index contributed by atoms with van der Waals surface area (Å²) >= 11 is 0. The largest absolute Gasteiger partial charge is 0.388 e. The van der Waals surface area contributed by atoms with Gasteiger partial charge < -0.3 is 9.67 Å². The Bertz CT molecular complexity index is 646. The maximum atomic E-state index is 10.6. The topological polar surface area (TPSA) is 68.3 Å². The number of non-ortho nitro benzene ring substituents is 1. The molecule has 110 valence electrons. The fourth-order valence-electron chi connectivity index (χ4n) is 2.90. The molecule has 0 radical (unpaired) electrons. The summed E-state index contributed by atoms with van der Waals surface area (Å²) in [6, 6.07) is 6.69. The highest BCUT2D eigenvalue weighted by Gasteiger charge is 2.19. The predicted octanol–water partition coefficient (Wildman–Crippen LogP) is 3.01. The van der Waals surface area contributed by atoms with Gasteiger partial charge >= 0.3 is 0 Å². The van der Waals surface area contributed by atoms with Crippen molar-refractivity contribution in [1.82, 2.24) is 4.57 Å². The van der Waals surface area contributed by atoms with Crippen molar-refractivity contribution in [3.8, 4) is 0 Å². The number of nitro groups is 1. The van der Waals surface area contributed by atoms with E-state index in [1.165, 1.54) is 5.56 Å². The first-order chi connectivity index (χ1) is 10.1. The number of aliphatic hydroxyl groups excluding tert-OH is 1. The van der Waals surface area contributed by atoms with Crippen LogP contribution in [0.4, 0.5) is 5.69 Å². The molecule has 21 heavy (non-hydrogen) atoms. The van der Waals surface area contributed by atoms with Crippen LogP contribution in [-0.2, 0) is 19.4 Å². The van der Waals surface area contributed by atoms with Crippen LogP contribution < -0.4 is 0 Å². The van der Waals surface area contributed by atoms with Crippen molar-refractivity contribution in [3.05, 3.63) is 63.5 Å². The van der Waals surface area contributed by atoms with Gasteiger partial charge in [-0.1, -0.05) is 12.1 Å². The Morgan fingerprint density at radius 3 is 2.71 bits per heavy atom. The minimum Gasteiger partial charge on any atom is -0.388 e. The van der Waals surface area contributed by atoms with E-state index in [9.17, 15) is 15.2 Å². The van der Waals surface area contributed by atoms with Gasteiger partial charge in [0.1, 0.15) is 0 Å². The monoisotopic (exact) mass is 286 g/mol. The van der Waals surface area contributed by atoms with Crippen LogP contribution in [0.1, 0.15) is 35.6 Å². The quantitative estimate of drug-likeness (QED) is 0.694. The number of rotatable bonds is 4. The number of nitrogens with zero attached hydrogens (tertiary/aromatic N) is 2. The van der Waals surface area contributed by atoms with Crippen molar-refractivity contribution in [3.63, 3.8) is 0 Å². The van der Waals surface area contributed by atoms with Crippen LogP contribution in [0.3, 0.4) is 0 Å². The lowest BCUT2D eigenvalue weighted by Gasteiger charge is -2.16. The van der Waals surface area contributed by atoms with E-state index in [-0.39, 0.29) is 16.7 Å². The van der Waals surface area contributed by atoms with E-state index >= 15 is 0 Å². The molecule has 0 spiro atoms. The molecule has 0 bridgehead atoms. The predicted molar refractivity (Wildman–Crippen MR) is 79.1 cm³/mol. The third-order valence-corrected chi connectivity index (χ3v) is 4.09. The molecule has 5 heteroatoms. The second-order valence-corrected chi connectivity index (χ2v) is 5.56. The lowest BCUT2D eigenvalue weighted by Crippen LogP contribution is -2.05. The Morgan fingerprint density at radius 1 is 1.29 bits per heavy atom. The molecule has 1 heterocycles. The van der Waals surface area contributed by atoms with Crippen LogP contribution in [0.25, 0.3) is 0 Å². The highest BCUT2D eigenvalue weighted by Crippen LogP contribution is 2.30. The molecule has 1 aromatic heterocycles. The SMILES string of the molecule is O=[N+]([O-])c1ccc(CCn2cc3c(c2)C(O)CCC3)cc1. The Morgan fingerprint density at radius 2 is 2.05 bits per heavy atom. The molecule has 1 atom stereocenters. The smallest absolute Gasteiger partial charge is 0.269 e. The highest BCUT2D eigenvalue weighted by atomic mass is 16.6. The molecule has 5 nitrogen and oxygen atoms in total. The van der Waals surface area contributed by atoms with E-state index in [0.29, 0.717) is 0 Å². The van der Waals surface area contributed by atoms with Gasteiger partial charge in [0, 0.05) is 36.6 Å². The van der Waals surface area contributed by atoms with Gasteiger partial charge in [-0.2, -0.15) is 0 Å². The van der Waals surface area contributed by atoms with Crippen molar-refractivity contribution >= 4 is 5.69 Å². The average molecular weight is 286 g/mol. The number of nitro benzene ring substituents is 1. The fraction of sp³-hybridized carbons (Fsp3) is 0.375. The lowest BCUT2D eigenvalue weighted by molar-refractivity contribution is -0.384. The highest BCUT2D eigenvalue weighted by molar-refractivity contribution is 5.33. The van der Waals surface area contributed by atoms with Crippen LogP contribution in [0.15, 0.2) is 36.7 Å². The summed E-state index contributed by atoms with van der Waals surface area (Å²) in [6.45, 7) is 0.817. The molecule has 0 fully saturated rings. The van der Waals surface area contributed by atoms with Gasteiger partial charge in [0.2, 0.25) is 0 Å². The first-order valence-electron chi connectivity index (χ1n) is 7.23. The Kier molecular flexibility index (Phi) is 3.75. The second kappa shape index (κ2) is 5.69. The third kappa shape index (κ3) is 2.97. The summed E-state index contributed by atoms with van der Waals surface area (Å²) in [5, 5.41) is 20.6. The summed E-state index contributed by atoms with van der Waals surface area (Å²) in [5.74, 6) is 0. The number of aromatic nitrogens is 1. The molecular weight excluding hydrogens is 268 g/mol. The lowest BCUT2D eigenvalue weighted by atomic mass is 9.93. The average Bonchev–Trinajstić information content (AvgIpc) is 2.90. The van der Waals surface area contributed by atoms with E-state index < -0.39 is 0 Å². The third-order valence-electron chi connectivity index (χ3n) is 4.09. The van der Waals surface area contributed by atoms with E-state index in [0.717, 1.165) is 43.4 Å². The van der Waals surface area contributed by atoms with Gasteiger partial charge in [0.05, 0.1) is 11.0 Å². The maximum absolute atomic E-state index is 10.6. The Labute approximate surface area is 123 Å². The summed E-state index contributed by atoms with van der Waals surface area (Å²) in [5.41, 5.74) is 3.51. The normalized spacial score (nSPS) is 17.5. The number of aliphatic hydroxyl groups is 1. The van der Waals surface area contributed by atoms with E-state index in [1.54, 1.807) is 24.3 Å². The molecule has 1 aromatic carbocycles. The first kappa shape index (κ1) is 13.8. The Hall–Kier alpha value is -2.14. The molecule has 3 rings (SSSR count). The van der Waals surface area contributed by atoms with Gasteiger partial charge in [-0.15, -0.1) is 0 Å². The first-order valence-corrected chi connectivity index (χ1v) is 7.23. The molecule has 1 aliphatic rings. The van der Waals surface area contributed by atoms with E-state index in [4.69, 9.17) is 0 Å². The van der Waals surface area contributed by atoms with Crippen LogP contribution in [0.2, 0.25) is 0 Å². The van der Waals surface area contributed by atoms with Crippen LogP contribution in [0.5, 0.6) is 0 Å². The van der Waals surface area contributed by atoms with Crippen molar-refractivity contribution in [2.24, 2.45) is 0 Å². The molecule has 1 aliphatic carbocycles. The van der Waals surface area contributed by atoms with Crippen LogP contribution >= 0.6 is 0 Å². The molecule has 1 unspecified atom stereocenters. The van der Waals surface area contributed by atoms with Crippen LogP contribution in [0, 0.1) is 10.1 Å². The van der Waals surface area contributed by atoms with Crippen molar-refractivity contribution in [1.29, 1.82) is 0 Å². The second-order valence-electron chi connectivity index (χ2n) is 5.56. The molecule has 0 aliphatic heterocycles. The zero-order valence-corrected chi connectivity index (χ0v) is 11.7. The zero-order chi connectivity index (χ0) is 14.8. The maximum Gasteiger partial charge on any atom is 0.269 e. The molecule has 0 amide bonds. The minimum atomic E-state index is -0.384. The minimum absolute atomic E-state index is 0.123.